The summed E-state index contributed by atoms with van der Waals surface area (Å²) in [6, 6.07) is 10.8. The van der Waals surface area contributed by atoms with Gasteiger partial charge in [-0.2, -0.15) is 0 Å². The molecule has 6 nitrogen and oxygen atoms in total. The lowest BCUT2D eigenvalue weighted by atomic mass is 10.1. The molecule has 3 aromatic rings. The zero-order valence-electron chi connectivity index (χ0n) is 17.0. The van der Waals surface area contributed by atoms with Crippen molar-refractivity contribution in [2.75, 3.05) is 0 Å². The third-order valence-corrected chi connectivity index (χ3v) is 5.26. The topological polar surface area (TPSA) is 69.2 Å². The van der Waals surface area contributed by atoms with E-state index in [0.29, 0.717) is 22.0 Å². The van der Waals surface area contributed by atoms with E-state index in [2.05, 4.69) is 4.99 Å². The van der Waals surface area contributed by atoms with Crippen LogP contribution in [0.1, 0.15) is 55.7 Å². The first-order valence-electron chi connectivity index (χ1n) is 10.3. The minimum Gasteiger partial charge on any atom is -0.296 e. The number of benzene rings is 1. The molecule has 6 heteroatoms. The van der Waals surface area contributed by atoms with Crippen LogP contribution in [0.3, 0.4) is 0 Å². The molecule has 1 aromatic carbocycles. The predicted octanol–water partition coefficient (Wildman–Crippen LogP) is 3.31. The van der Waals surface area contributed by atoms with E-state index in [9.17, 15) is 9.59 Å². The summed E-state index contributed by atoms with van der Waals surface area (Å²) in [4.78, 5) is 35.4. The number of carbonyl (C=O) groups excluding carboxylic acids is 1. The Hall–Kier alpha value is -3.02. The monoisotopic (exact) mass is 390 g/mol. The Labute approximate surface area is 169 Å². The van der Waals surface area contributed by atoms with Crippen LogP contribution in [0.5, 0.6) is 0 Å². The summed E-state index contributed by atoms with van der Waals surface area (Å²) in [5.74, 6) is 0.648. The van der Waals surface area contributed by atoms with Crippen molar-refractivity contribution in [3.63, 3.8) is 0 Å². The summed E-state index contributed by atoms with van der Waals surface area (Å²) >= 11 is 0. The Bertz CT molecular complexity index is 1190. The van der Waals surface area contributed by atoms with Crippen LogP contribution in [0, 0.1) is 0 Å². The summed E-state index contributed by atoms with van der Waals surface area (Å²) in [6.07, 6.45) is 6.87. The fourth-order valence-electron chi connectivity index (χ4n) is 3.84. The number of pyridine rings is 1. The first-order valence-corrected chi connectivity index (χ1v) is 10.3. The molecule has 3 heterocycles. The number of rotatable bonds is 2. The molecule has 0 bridgehead atoms. The molecule has 4 rings (SSSR count). The molecular weight excluding hydrogens is 364 g/mol. The molecule has 0 atom stereocenters. The molecule has 0 fully saturated rings. The number of carbonyl (C=O) groups is 1. The van der Waals surface area contributed by atoms with Crippen LogP contribution >= 0.6 is 0 Å². The van der Waals surface area contributed by atoms with E-state index in [4.69, 9.17) is 4.98 Å². The van der Waals surface area contributed by atoms with Gasteiger partial charge < -0.3 is 0 Å². The minimum atomic E-state index is -0.180. The molecule has 29 heavy (non-hydrogen) atoms. The van der Waals surface area contributed by atoms with Crippen molar-refractivity contribution in [2.45, 2.75) is 58.5 Å². The van der Waals surface area contributed by atoms with Gasteiger partial charge in [-0.1, -0.05) is 18.9 Å². The van der Waals surface area contributed by atoms with Crippen molar-refractivity contribution >= 4 is 16.8 Å². The van der Waals surface area contributed by atoms with Crippen molar-refractivity contribution < 1.29 is 4.79 Å². The Morgan fingerprint density at radius 3 is 2.76 bits per heavy atom. The van der Waals surface area contributed by atoms with Gasteiger partial charge in [0.25, 0.3) is 11.5 Å². The highest BCUT2D eigenvalue weighted by Crippen LogP contribution is 2.17. The third-order valence-electron chi connectivity index (χ3n) is 5.26. The van der Waals surface area contributed by atoms with E-state index < -0.39 is 0 Å². The van der Waals surface area contributed by atoms with Crippen LogP contribution in [-0.4, -0.2) is 26.1 Å². The maximum absolute atomic E-state index is 13.2. The molecule has 2 aromatic heterocycles. The first-order chi connectivity index (χ1) is 14.0. The van der Waals surface area contributed by atoms with Gasteiger partial charge >= 0.3 is 0 Å². The Kier molecular flexibility index (Phi) is 5.43. The fourth-order valence-corrected chi connectivity index (χ4v) is 3.84. The predicted molar refractivity (Wildman–Crippen MR) is 113 cm³/mol. The molecule has 0 unspecified atom stereocenters. The average molecular weight is 390 g/mol. The van der Waals surface area contributed by atoms with Crippen LogP contribution in [-0.2, 0) is 13.0 Å². The number of aryl methyl sites for hydroxylation is 1. The third kappa shape index (κ3) is 3.92. The largest absolute Gasteiger partial charge is 0.296 e. The summed E-state index contributed by atoms with van der Waals surface area (Å²) < 4.78 is 3.36. The highest BCUT2D eigenvalue weighted by Gasteiger charge is 2.16. The quantitative estimate of drug-likeness (QED) is 0.674. The number of hydrogen-bond donors (Lipinski definition) is 0. The summed E-state index contributed by atoms with van der Waals surface area (Å²) in [5, 5.41) is 0.566. The van der Waals surface area contributed by atoms with Crippen LogP contribution in [0.4, 0.5) is 0 Å². The highest BCUT2D eigenvalue weighted by molar-refractivity contribution is 5.98. The highest BCUT2D eigenvalue weighted by atomic mass is 16.2. The minimum absolute atomic E-state index is 0.00578. The molecule has 1 aliphatic rings. The van der Waals surface area contributed by atoms with Crippen LogP contribution in [0.15, 0.2) is 52.4 Å². The molecule has 0 aliphatic carbocycles. The molecular formula is C23H26N4O2. The second kappa shape index (κ2) is 8.15. The van der Waals surface area contributed by atoms with Crippen molar-refractivity contribution in [1.29, 1.82) is 0 Å². The van der Waals surface area contributed by atoms with Gasteiger partial charge in [-0.3, -0.25) is 23.7 Å². The Morgan fingerprint density at radius 1 is 1.10 bits per heavy atom. The molecule has 0 saturated carbocycles. The molecule has 0 N–H and O–H groups in total. The zero-order valence-corrected chi connectivity index (χ0v) is 17.0. The maximum atomic E-state index is 13.2. The van der Waals surface area contributed by atoms with Crippen molar-refractivity contribution in [1.82, 2.24) is 14.1 Å². The van der Waals surface area contributed by atoms with Gasteiger partial charge in [0.15, 0.2) is 0 Å². The summed E-state index contributed by atoms with van der Waals surface area (Å²) in [6.45, 7) is 4.67. The van der Waals surface area contributed by atoms with E-state index in [1.165, 1.54) is 6.42 Å². The molecule has 0 amide bonds. The molecule has 1 aliphatic heterocycles. The van der Waals surface area contributed by atoms with Gasteiger partial charge in [0.05, 0.1) is 10.9 Å². The zero-order chi connectivity index (χ0) is 20.4. The van der Waals surface area contributed by atoms with Gasteiger partial charge in [-0.25, -0.2) is 4.98 Å². The van der Waals surface area contributed by atoms with Gasteiger partial charge in [-0.05, 0) is 57.0 Å². The van der Waals surface area contributed by atoms with Gasteiger partial charge in [0.1, 0.15) is 11.3 Å². The SMILES string of the molecule is CC(C)N=c1ccccn1C(=O)c1ccc2c(=O)n3c(nc2c1)CCCCCC3. The van der Waals surface area contributed by atoms with Gasteiger partial charge in [0, 0.05) is 30.8 Å². The van der Waals surface area contributed by atoms with Crippen molar-refractivity contribution in [3.05, 3.63) is 69.8 Å². The first kappa shape index (κ1) is 19.3. The second-order valence-electron chi connectivity index (χ2n) is 7.84. The standard InChI is InChI=1S/C23H26N4O2/c1-16(2)24-20-10-6-8-14-26(20)22(28)17-11-12-18-19(15-17)25-21-9-5-3-4-7-13-27(21)23(18)29/h6,8,10-12,14-16H,3-5,7,9,13H2,1-2H3. The number of fused-ring (bicyclic) bond motifs is 2. The van der Waals surface area contributed by atoms with E-state index in [0.717, 1.165) is 38.1 Å². The van der Waals surface area contributed by atoms with Crippen LogP contribution in [0.2, 0.25) is 0 Å². The summed E-state index contributed by atoms with van der Waals surface area (Å²) in [5.41, 5.74) is 1.69. The molecule has 0 spiro atoms. The lowest BCUT2D eigenvalue weighted by Gasteiger charge is -2.16. The van der Waals surface area contributed by atoms with Gasteiger partial charge in [0.2, 0.25) is 0 Å². The molecule has 0 radical (unpaired) electrons. The van der Waals surface area contributed by atoms with Crippen LogP contribution in [0.25, 0.3) is 10.9 Å². The molecule has 150 valence electrons. The van der Waals surface area contributed by atoms with Crippen LogP contribution < -0.4 is 11.0 Å². The van der Waals surface area contributed by atoms with E-state index in [1.807, 2.05) is 36.6 Å². The normalized spacial score (nSPS) is 15.2. The van der Waals surface area contributed by atoms with E-state index in [-0.39, 0.29) is 17.5 Å². The number of nitrogens with zero attached hydrogens (tertiary/aromatic N) is 4. The van der Waals surface area contributed by atoms with Crippen molar-refractivity contribution in [3.8, 4) is 0 Å². The van der Waals surface area contributed by atoms with Gasteiger partial charge in [-0.15, -0.1) is 0 Å². The lowest BCUT2D eigenvalue weighted by Crippen LogP contribution is -2.29. The van der Waals surface area contributed by atoms with E-state index in [1.54, 1.807) is 29.0 Å². The Balaban J connectivity index is 1.82. The Morgan fingerprint density at radius 2 is 1.93 bits per heavy atom. The average Bonchev–Trinajstić information content (AvgIpc) is 2.68. The smallest absolute Gasteiger partial charge is 0.263 e. The summed E-state index contributed by atoms with van der Waals surface area (Å²) in [7, 11) is 0. The maximum Gasteiger partial charge on any atom is 0.263 e. The molecule has 0 saturated heterocycles. The second-order valence-corrected chi connectivity index (χ2v) is 7.84. The van der Waals surface area contributed by atoms with E-state index >= 15 is 0 Å². The number of aromatic nitrogens is 3. The lowest BCUT2D eigenvalue weighted by molar-refractivity contribution is 0.0954. The fraction of sp³-hybridized carbons (Fsp3) is 0.391. The van der Waals surface area contributed by atoms with Crippen molar-refractivity contribution in [2.24, 2.45) is 4.99 Å². The number of hydrogen-bond acceptors (Lipinski definition) is 4.